The Morgan fingerprint density at radius 3 is 2.12 bits per heavy atom. The van der Waals surface area contributed by atoms with Gasteiger partial charge in [-0.15, -0.1) is 11.8 Å². The Labute approximate surface area is 308 Å². The molecule has 3 fully saturated rings. The average molecular weight is 736 g/mol. The van der Waals surface area contributed by atoms with Crippen molar-refractivity contribution in [1.29, 1.82) is 0 Å². The number of β-lactam (4-membered cyclic amide) rings is 1. The second kappa shape index (κ2) is 17.6. The summed E-state index contributed by atoms with van der Waals surface area (Å²) < 4.78 is 4.77. The van der Waals surface area contributed by atoms with Crippen LogP contribution in [-0.4, -0.2) is 124 Å². The first kappa shape index (κ1) is 38.5. The van der Waals surface area contributed by atoms with Gasteiger partial charge < -0.3 is 25.2 Å². The number of aliphatic carboxylic acids is 1. The number of amides is 2. The van der Waals surface area contributed by atoms with Crippen molar-refractivity contribution >= 4 is 47.9 Å². The minimum Gasteiger partial charge on any atom is -0.480 e. The van der Waals surface area contributed by atoms with Crippen molar-refractivity contribution in [2.75, 3.05) is 52.5 Å². The molecule has 3 saturated heterocycles. The Bertz CT molecular complexity index is 1620. The quantitative estimate of drug-likeness (QED) is 0.135. The first-order valence-electron chi connectivity index (χ1n) is 17.0. The molecule has 0 saturated carbocycles. The van der Waals surface area contributed by atoms with E-state index in [4.69, 9.17) is 21.4 Å². The van der Waals surface area contributed by atoms with Crippen LogP contribution >= 0.6 is 23.4 Å². The number of carboxylic acid groups (broad SMARTS) is 1. The Morgan fingerprint density at radius 1 is 0.961 bits per heavy atom. The fourth-order valence-corrected chi connectivity index (χ4v) is 8.60. The molecule has 0 bridgehead atoms. The van der Waals surface area contributed by atoms with Gasteiger partial charge in [0.2, 0.25) is 11.8 Å². The molecule has 272 valence electrons. The first-order valence-corrected chi connectivity index (χ1v) is 18.3. The zero-order chi connectivity index (χ0) is 36.5. The number of aliphatic hydroxyl groups is 1. The van der Waals surface area contributed by atoms with Gasteiger partial charge in [0.25, 0.3) is 0 Å². The SMILES string of the molecule is C=N[C@@H](C(=O)N[C@@H]1C(=O)N2[C@@H]1SC(C)(C)[C@@H]2C(=O)O)c1ccccc1.OCCOCCN1CCN(C(c2ccccc2)c2ccc(Cl)cc2)CC1. The van der Waals surface area contributed by atoms with E-state index in [0.717, 1.165) is 37.7 Å². The number of hydrogen-bond donors (Lipinski definition) is 3. The molecule has 5 atom stereocenters. The van der Waals surface area contributed by atoms with E-state index in [2.05, 4.69) is 69.3 Å². The molecule has 0 aromatic heterocycles. The molecule has 6 rings (SSSR count). The molecular formula is C38H46ClN5O6S. The maximum Gasteiger partial charge on any atom is 0.327 e. The monoisotopic (exact) mass is 735 g/mol. The molecule has 3 aromatic rings. The number of rotatable bonds is 13. The van der Waals surface area contributed by atoms with Crippen molar-refractivity contribution in [2.24, 2.45) is 4.99 Å². The number of carboxylic acids is 1. The summed E-state index contributed by atoms with van der Waals surface area (Å²) in [6, 6.07) is 25.6. The summed E-state index contributed by atoms with van der Waals surface area (Å²) in [7, 11) is 0. The average Bonchev–Trinajstić information content (AvgIpc) is 3.40. The molecule has 1 unspecified atom stereocenters. The molecule has 0 aliphatic carbocycles. The Balaban J connectivity index is 0.000000198. The maximum atomic E-state index is 12.5. The van der Waals surface area contributed by atoms with Crippen molar-refractivity contribution in [3.05, 3.63) is 107 Å². The third kappa shape index (κ3) is 9.18. The number of benzene rings is 3. The van der Waals surface area contributed by atoms with Crippen LogP contribution in [0.1, 0.15) is 42.6 Å². The van der Waals surface area contributed by atoms with Gasteiger partial charge in [0, 0.05) is 42.5 Å². The van der Waals surface area contributed by atoms with Crippen molar-refractivity contribution in [2.45, 2.75) is 48.1 Å². The Morgan fingerprint density at radius 2 is 1.55 bits per heavy atom. The summed E-state index contributed by atoms with van der Waals surface area (Å²) in [6.45, 7) is 13.2. The molecule has 0 radical (unpaired) electrons. The minimum absolute atomic E-state index is 0.0909. The molecule has 3 aromatic carbocycles. The lowest BCUT2D eigenvalue weighted by Crippen LogP contribution is -2.70. The van der Waals surface area contributed by atoms with Gasteiger partial charge in [-0.1, -0.05) is 84.4 Å². The lowest BCUT2D eigenvalue weighted by atomic mass is 9.95. The number of carbonyl (C=O) groups excluding carboxylic acids is 2. The number of nitrogens with zero attached hydrogens (tertiary/aromatic N) is 4. The second-order valence-electron chi connectivity index (χ2n) is 13.2. The van der Waals surface area contributed by atoms with Crippen LogP contribution in [0.25, 0.3) is 0 Å². The van der Waals surface area contributed by atoms with Gasteiger partial charge in [-0.05, 0) is 49.4 Å². The first-order chi connectivity index (χ1) is 24.6. The molecule has 3 heterocycles. The van der Waals surface area contributed by atoms with Crippen LogP contribution in [0.3, 0.4) is 0 Å². The third-order valence-corrected chi connectivity index (χ3v) is 11.2. The van der Waals surface area contributed by atoms with Crippen LogP contribution in [0.2, 0.25) is 5.02 Å². The zero-order valence-corrected chi connectivity index (χ0v) is 30.5. The van der Waals surface area contributed by atoms with E-state index in [1.54, 1.807) is 38.1 Å². The highest BCUT2D eigenvalue weighted by molar-refractivity contribution is 8.01. The largest absolute Gasteiger partial charge is 0.480 e. The smallest absolute Gasteiger partial charge is 0.327 e. The third-order valence-electron chi connectivity index (χ3n) is 9.38. The fraction of sp³-hybridized carbons (Fsp3) is 0.421. The Hall–Kier alpha value is -3.78. The Kier molecular flexibility index (Phi) is 13.3. The highest BCUT2D eigenvalue weighted by atomic mass is 35.5. The van der Waals surface area contributed by atoms with Crippen molar-refractivity contribution in [3.8, 4) is 0 Å². The molecule has 3 aliphatic rings. The number of hydrogen-bond acceptors (Lipinski definition) is 9. The number of aliphatic imine (C=N–C) groups is 1. The summed E-state index contributed by atoms with van der Waals surface area (Å²) in [6.07, 6.45) is 0. The molecule has 0 spiro atoms. The molecule has 11 nitrogen and oxygen atoms in total. The fourth-order valence-electron chi connectivity index (χ4n) is 6.85. The number of nitrogens with one attached hydrogen (secondary N) is 1. The zero-order valence-electron chi connectivity index (χ0n) is 28.9. The molecule has 2 amide bonds. The van der Waals surface area contributed by atoms with Crippen molar-refractivity contribution < 1.29 is 29.3 Å². The maximum absolute atomic E-state index is 12.5. The second-order valence-corrected chi connectivity index (χ2v) is 15.4. The molecular weight excluding hydrogens is 690 g/mol. The molecule has 3 N–H and O–H groups in total. The van der Waals surface area contributed by atoms with Gasteiger partial charge in [-0.2, -0.15) is 0 Å². The predicted octanol–water partition coefficient (Wildman–Crippen LogP) is 4.12. The molecule has 13 heteroatoms. The number of thioether (sulfide) groups is 1. The van der Waals surface area contributed by atoms with E-state index in [0.29, 0.717) is 18.8 Å². The van der Waals surface area contributed by atoms with E-state index < -0.39 is 34.7 Å². The standard InChI is InChI=1S/C21H27ClN2O2.C17H19N3O4S/c22-20-8-6-19(7-9-20)21(18-4-2-1-3-5-18)24-12-10-23(11-13-24)14-16-26-17-15-25;1-17(2)12(16(23)24)20-14(22)11(15(20)25-17)19-13(21)10(18-3)9-7-5-4-6-8-9/h1-9,21,25H,10-17H2;4-8,10-12,15H,3H2,1-2H3,(H,19,21)(H,23,24)/t;10-,11-,12+,15-/m.1/s1. The predicted molar refractivity (Wildman–Crippen MR) is 200 cm³/mol. The van der Waals surface area contributed by atoms with Crippen LogP contribution in [-0.2, 0) is 19.1 Å². The van der Waals surface area contributed by atoms with Gasteiger partial charge in [-0.3, -0.25) is 24.4 Å². The van der Waals surface area contributed by atoms with Gasteiger partial charge in [0.1, 0.15) is 17.5 Å². The molecule has 51 heavy (non-hydrogen) atoms. The number of aliphatic hydroxyl groups excluding tert-OH is 1. The summed E-state index contributed by atoms with van der Waals surface area (Å²) in [5.41, 5.74) is 3.27. The summed E-state index contributed by atoms with van der Waals surface area (Å²) >= 11 is 7.48. The number of halogens is 1. The topological polar surface area (TPSA) is 135 Å². The van der Waals surface area contributed by atoms with Crippen LogP contribution < -0.4 is 5.32 Å². The van der Waals surface area contributed by atoms with Crippen LogP contribution in [0, 0.1) is 0 Å². The molecule has 3 aliphatic heterocycles. The van der Waals surface area contributed by atoms with Gasteiger partial charge in [0.15, 0.2) is 6.04 Å². The van der Waals surface area contributed by atoms with E-state index in [-0.39, 0.29) is 23.9 Å². The summed E-state index contributed by atoms with van der Waals surface area (Å²) in [5.74, 6) is -1.83. The highest BCUT2D eigenvalue weighted by Gasteiger charge is 2.64. The lowest BCUT2D eigenvalue weighted by Gasteiger charge is -2.43. The van der Waals surface area contributed by atoms with Crippen LogP contribution in [0.5, 0.6) is 0 Å². The van der Waals surface area contributed by atoms with Crippen molar-refractivity contribution in [1.82, 2.24) is 20.0 Å². The van der Waals surface area contributed by atoms with Gasteiger partial charge in [-0.25, -0.2) is 4.79 Å². The van der Waals surface area contributed by atoms with Crippen LogP contribution in [0.4, 0.5) is 0 Å². The van der Waals surface area contributed by atoms with Crippen LogP contribution in [0.15, 0.2) is 89.9 Å². The van der Waals surface area contributed by atoms with E-state index in [9.17, 15) is 19.5 Å². The minimum atomic E-state index is -1.03. The summed E-state index contributed by atoms with van der Waals surface area (Å²) in [5, 5.41) is 21.3. The van der Waals surface area contributed by atoms with E-state index >= 15 is 0 Å². The number of ether oxygens (including phenoxy) is 1. The highest BCUT2D eigenvalue weighted by Crippen LogP contribution is 2.50. The summed E-state index contributed by atoms with van der Waals surface area (Å²) in [4.78, 5) is 46.6. The lowest BCUT2D eigenvalue weighted by molar-refractivity contribution is -0.161. The van der Waals surface area contributed by atoms with Gasteiger partial charge in [0.05, 0.1) is 25.9 Å². The van der Waals surface area contributed by atoms with E-state index in [1.807, 2.05) is 18.2 Å². The van der Waals surface area contributed by atoms with Gasteiger partial charge >= 0.3 is 5.97 Å². The number of piperazine rings is 1. The normalized spacial score (nSPS) is 22.5. The number of carbonyl (C=O) groups is 3. The number of fused-ring (bicyclic) bond motifs is 1. The van der Waals surface area contributed by atoms with Crippen molar-refractivity contribution in [3.63, 3.8) is 0 Å². The van der Waals surface area contributed by atoms with E-state index in [1.165, 1.54) is 27.8 Å².